The summed E-state index contributed by atoms with van der Waals surface area (Å²) >= 11 is 0. The van der Waals surface area contributed by atoms with Crippen LogP contribution in [0.5, 0.6) is 46.0 Å². The van der Waals surface area contributed by atoms with E-state index in [1.165, 1.54) is 31.4 Å². The summed E-state index contributed by atoms with van der Waals surface area (Å²) in [6, 6.07) is 29.0. The van der Waals surface area contributed by atoms with Gasteiger partial charge in [0, 0.05) is 33.9 Å². The SMILES string of the molecule is C.C.C#Cc1ccc(-c2cc(C)ccc2O)cc1.C#Cc1ccc(-c2cc(Oc3c(F)c(F)c(-c4c(F)c(F)c(Oc5ccc(OC)cc5S(=O)(=O)[O-])c(F)c4F)c(F)c3F)ccc2OC)cc1.Cc1c(F)c(F)c(-c2c(F)c(F)c(F)c(F)c2F)c(F)c1F.Cc1ccc(O)c(S(=O)(=O)[O-])c1.[K+].[K+]. The molecule has 104 heavy (non-hydrogen) atoms. The van der Waals surface area contributed by atoms with Crippen LogP contribution in [-0.2, 0) is 20.2 Å². The van der Waals surface area contributed by atoms with E-state index in [0.717, 1.165) is 47.6 Å². The summed E-state index contributed by atoms with van der Waals surface area (Å²) in [6.07, 6.45) is 10.6. The molecule has 2 N–H and O–H groups in total. The molecule has 0 atom stereocenters. The van der Waals surface area contributed by atoms with Crippen molar-refractivity contribution in [2.24, 2.45) is 0 Å². The third kappa shape index (κ3) is 19.5. The molecule has 536 valence electrons. The third-order valence-electron chi connectivity index (χ3n) is 13.9. The Morgan fingerprint density at radius 3 is 1.10 bits per heavy atom. The largest absolute Gasteiger partial charge is 1.00 e. The smallest absolute Gasteiger partial charge is 0.744 e. The van der Waals surface area contributed by atoms with E-state index in [9.17, 15) is 70.6 Å². The Bertz CT molecular complexity index is 5050. The van der Waals surface area contributed by atoms with E-state index >= 15 is 35.1 Å². The number of methoxy groups -OCH3 is 2. The van der Waals surface area contributed by atoms with Crippen molar-refractivity contribution in [3.63, 3.8) is 0 Å². The number of phenols is 2. The first-order valence-electron chi connectivity index (χ1n) is 27.3. The number of aryl methyl sites for hydroxylation is 2. The Balaban J connectivity index is 0.000000425. The minimum Gasteiger partial charge on any atom is -0.744 e. The first-order chi connectivity index (χ1) is 46.8. The maximum atomic E-state index is 15.3. The van der Waals surface area contributed by atoms with E-state index in [4.69, 9.17) is 32.2 Å². The summed E-state index contributed by atoms with van der Waals surface area (Å²) in [5.41, 5.74) is -4.05. The summed E-state index contributed by atoms with van der Waals surface area (Å²) in [7, 11) is -7.62. The first-order valence-corrected chi connectivity index (χ1v) is 30.1. The molecule has 0 bridgehead atoms. The van der Waals surface area contributed by atoms with Crippen LogP contribution in [0.15, 0.2) is 131 Å². The number of halogens is 17. The molecule has 12 nitrogen and oxygen atoms in total. The number of ether oxygens (including phenoxy) is 4. The molecule has 33 heteroatoms. The van der Waals surface area contributed by atoms with Crippen molar-refractivity contribution in [2.45, 2.75) is 45.4 Å². The maximum absolute atomic E-state index is 15.3. The molecule has 0 fully saturated rings. The van der Waals surface area contributed by atoms with Gasteiger partial charge in [0.05, 0.1) is 41.4 Å². The van der Waals surface area contributed by atoms with Crippen molar-refractivity contribution in [3.8, 4) is 115 Å². The zero-order valence-electron chi connectivity index (χ0n) is 52.9. The Kier molecular flexibility index (Phi) is 32.4. The summed E-state index contributed by atoms with van der Waals surface area (Å²) in [5.74, 6) is -41.9. The zero-order chi connectivity index (χ0) is 74.5. The summed E-state index contributed by atoms with van der Waals surface area (Å²) in [5, 5.41) is 18.8. The van der Waals surface area contributed by atoms with Crippen LogP contribution in [0.2, 0.25) is 0 Å². The number of phenolic OH excluding ortho intramolecular Hbond substituents is 2. The molecular formula is C71H47F17K2O12S2. The summed E-state index contributed by atoms with van der Waals surface area (Å²) < 4.78 is 328. The Morgan fingerprint density at radius 1 is 0.365 bits per heavy atom. The van der Waals surface area contributed by atoms with Crippen molar-refractivity contribution in [1.82, 2.24) is 0 Å². The van der Waals surface area contributed by atoms with E-state index in [1.54, 1.807) is 37.3 Å². The molecule has 0 aliphatic carbocycles. The molecule has 0 heterocycles. The van der Waals surface area contributed by atoms with Crippen LogP contribution in [0.4, 0.5) is 74.6 Å². The number of rotatable bonds is 12. The van der Waals surface area contributed by atoms with Gasteiger partial charge in [-0.3, -0.25) is 0 Å². The number of hydrogen-bond donors (Lipinski definition) is 2. The van der Waals surface area contributed by atoms with Gasteiger partial charge in [-0.05, 0) is 116 Å². The third-order valence-corrected chi connectivity index (χ3v) is 15.6. The van der Waals surface area contributed by atoms with Gasteiger partial charge in [0.25, 0.3) is 0 Å². The second kappa shape index (κ2) is 37.3. The fourth-order valence-corrected chi connectivity index (χ4v) is 10.2. The van der Waals surface area contributed by atoms with Crippen molar-refractivity contribution in [3.05, 3.63) is 248 Å². The topological polar surface area (TPSA) is 192 Å². The number of benzene rings is 10. The predicted octanol–water partition coefficient (Wildman–Crippen LogP) is 12.8. The van der Waals surface area contributed by atoms with E-state index in [0.29, 0.717) is 41.5 Å². The molecule has 0 aliphatic heterocycles. The first kappa shape index (κ1) is 90.2. The van der Waals surface area contributed by atoms with Gasteiger partial charge in [0.2, 0.25) is 40.6 Å². The summed E-state index contributed by atoms with van der Waals surface area (Å²) in [4.78, 5) is -1.84. The van der Waals surface area contributed by atoms with Crippen molar-refractivity contribution < 1.29 is 233 Å². The van der Waals surface area contributed by atoms with Gasteiger partial charge in [-0.1, -0.05) is 68.7 Å². The zero-order valence-corrected chi connectivity index (χ0v) is 60.8. The van der Waals surface area contributed by atoms with Gasteiger partial charge in [-0.25, -0.2) is 73.9 Å². The fourth-order valence-electron chi connectivity index (χ4n) is 8.92. The predicted molar refractivity (Wildman–Crippen MR) is 336 cm³/mol. The average molecular weight is 1560 g/mol. The molecule has 0 aliphatic rings. The molecule has 10 rings (SSSR count). The molecule has 10 aromatic rings. The van der Waals surface area contributed by atoms with E-state index in [-0.39, 0.29) is 135 Å². The Labute approximate surface area is 668 Å². The van der Waals surface area contributed by atoms with Crippen LogP contribution < -0.4 is 122 Å². The monoisotopic (exact) mass is 1560 g/mol. The van der Waals surface area contributed by atoms with Crippen LogP contribution in [0.1, 0.15) is 42.7 Å². The standard InChI is InChI=1S/C34H18F8O7S.C15H12O.C13H3F9.C7H8O4S.2CH4.2K/c1-4-15-5-7-16(8-6-15)19-13-18(10-11-20(19)47-3)48-33-29(39)25(35)23(26(36)30(33)40)24-27(37)31(41)34(32(42)28(24)38)49-21-12-9-17(46-2)14-22(21)50(43,44)45;1-3-12-5-7-13(8-6-12)14-10-11(2)4-9-15(14)16;1-2-5(14)7(16)3(8(17)6(2)15)4-9(18)11(20)13(22)12(21)10(4)19;1-5-2-3-6(8)7(4-5)12(9,10)11;;;;/h1,5-14H,2-3H3,(H,43,44,45);1,4-10,16H,2H3;1H3;2-4,8H,1H3,(H,9,10,11);2*1H4;;/q;;;;;;2*+1/p-2. The van der Waals surface area contributed by atoms with E-state index in [2.05, 4.69) is 16.6 Å². The second-order valence-electron chi connectivity index (χ2n) is 20.3. The quantitative estimate of drug-likeness (QED) is 0.0294. The van der Waals surface area contributed by atoms with Gasteiger partial charge in [0.15, 0.2) is 69.8 Å². The molecular weight excluding hydrogens is 1510 g/mol. The fraction of sp³-hybridized carbons (Fsp3) is 0.0986. The Hall–Kier alpha value is -7.98. The Morgan fingerprint density at radius 2 is 0.712 bits per heavy atom. The van der Waals surface area contributed by atoms with Crippen molar-refractivity contribution >= 4 is 20.2 Å². The molecule has 10 aromatic carbocycles. The number of aromatic hydroxyl groups is 2. The van der Waals surface area contributed by atoms with Gasteiger partial charge in [-0.2, -0.15) is 17.6 Å². The summed E-state index contributed by atoms with van der Waals surface area (Å²) in [6.45, 7) is 4.26. The number of terminal acetylenes is 2. The van der Waals surface area contributed by atoms with Crippen molar-refractivity contribution in [2.75, 3.05) is 14.2 Å². The van der Waals surface area contributed by atoms with Crippen molar-refractivity contribution in [1.29, 1.82) is 0 Å². The van der Waals surface area contributed by atoms with Gasteiger partial charge >= 0.3 is 103 Å². The molecule has 0 aromatic heterocycles. The second-order valence-corrected chi connectivity index (χ2v) is 23.0. The van der Waals surface area contributed by atoms with Crippen LogP contribution >= 0.6 is 0 Å². The van der Waals surface area contributed by atoms with Gasteiger partial charge in [0.1, 0.15) is 59.6 Å². The molecule has 0 saturated heterocycles. The van der Waals surface area contributed by atoms with Crippen LogP contribution in [-0.4, -0.2) is 50.4 Å². The van der Waals surface area contributed by atoms with Gasteiger partial charge in [-0.15, -0.1) is 12.8 Å². The van der Waals surface area contributed by atoms with Crippen LogP contribution in [0.3, 0.4) is 0 Å². The molecule has 0 amide bonds. The molecule has 0 unspecified atom stereocenters. The van der Waals surface area contributed by atoms with E-state index in [1.807, 2.05) is 43.3 Å². The molecule has 0 spiro atoms. The van der Waals surface area contributed by atoms with Crippen LogP contribution in [0, 0.1) is 144 Å². The molecule has 0 saturated carbocycles. The van der Waals surface area contributed by atoms with Gasteiger partial charge < -0.3 is 38.3 Å². The number of hydrogen-bond acceptors (Lipinski definition) is 12. The maximum Gasteiger partial charge on any atom is 1.00 e. The normalized spacial score (nSPS) is 10.6. The minimum atomic E-state index is -5.45. The average Bonchev–Trinajstić information content (AvgIpc) is 0.748. The van der Waals surface area contributed by atoms with Crippen LogP contribution in [0.25, 0.3) is 44.5 Å². The van der Waals surface area contributed by atoms with E-state index < -0.39 is 185 Å². The molecule has 0 radical (unpaired) electrons. The minimum absolute atomic E-state index is 0.